The van der Waals surface area contributed by atoms with Gasteiger partial charge >= 0.3 is 53.0 Å². The molecule has 0 aromatic carbocycles. The Bertz CT molecular complexity index is 1820. The molecule has 264 valence electrons. The Kier molecular flexibility index (Phi) is 12.5. The molecule has 11 N–H and O–H groups in total. The second-order valence-corrected chi connectivity index (χ2v) is 14.5. The molecule has 0 spiro atoms. The summed E-state index contributed by atoms with van der Waals surface area (Å²) in [6.45, 7) is -2.03. The summed E-state index contributed by atoms with van der Waals surface area (Å²) in [5.41, 5.74) is 11.1. The fourth-order valence-corrected chi connectivity index (χ4v) is 7.47. The first-order valence-corrected chi connectivity index (χ1v) is 17.9. The number of pyridine rings is 1. The Balaban J connectivity index is 0.00000541. The van der Waals surface area contributed by atoms with Gasteiger partial charge in [-0.1, -0.05) is 0 Å². The van der Waals surface area contributed by atoms with E-state index in [4.69, 9.17) is 30.0 Å². The summed E-state index contributed by atoms with van der Waals surface area (Å²) in [6, 6.07) is 2.79. The number of hydrogen-bond acceptors (Lipinski definition) is 17. The van der Waals surface area contributed by atoms with E-state index >= 15 is 0 Å². The van der Waals surface area contributed by atoms with E-state index in [0.717, 1.165) is 17.2 Å². The van der Waals surface area contributed by atoms with Gasteiger partial charge in [-0.3, -0.25) is 22.9 Å². The Labute approximate surface area is 296 Å². The van der Waals surface area contributed by atoms with Crippen molar-refractivity contribution in [3.05, 3.63) is 42.7 Å². The number of nitrogens with zero attached hydrogens (tertiary/aromatic N) is 5. The summed E-state index contributed by atoms with van der Waals surface area (Å²) in [5.74, 6) is -0.848. The number of aliphatic hydroxyl groups excluding tert-OH is 3. The molecule has 49 heavy (non-hydrogen) atoms. The first kappa shape index (κ1) is 39.9. The van der Waals surface area contributed by atoms with E-state index in [-0.39, 0.29) is 52.1 Å². The number of primary amides is 1. The smallest absolute Gasteiger partial charge is 0.387 e. The predicted molar refractivity (Wildman–Crippen MR) is 150 cm³/mol. The third-order valence-electron chi connectivity index (χ3n) is 6.98. The first-order valence-electron chi connectivity index (χ1n) is 13.3. The van der Waals surface area contributed by atoms with Crippen LogP contribution in [-0.2, 0) is 41.1 Å². The number of nitrogen functional groups attached to an aromatic ring is 1. The van der Waals surface area contributed by atoms with Crippen LogP contribution >= 0.6 is 23.5 Å². The molecule has 5 heterocycles. The minimum Gasteiger partial charge on any atom is -0.387 e. The molecule has 0 bridgehead atoms. The number of ether oxygens (including phenoxy) is 2. The molecule has 1 amide bonds. The normalized spacial score (nSPS) is 29.7. The van der Waals surface area contributed by atoms with Gasteiger partial charge < -0.3 is 55.8 Å². The van der Waals surface area contributed by atoms with Gasteiger partial charge in [-0.15, -0.1) is 0 Å². The van der Waals surface area contributed by atoms with Crippen LogP contribution in [-0.4, -0.2) is 110 Å². The van der Waals surface area contributed by atoms with Crippen LogP contribution in [0.5, 0.6) is 0 Å². The Morgan fingerprint density at radius 3 is 2.20 bits per heavy atom. The van der Waals surface area contributed by atoms with Crippen molar-refractivity contribution in [3.8, 4) is 0 Å². The van der Waals surface area contributed by atoms with Crippen molar-refractivity contribution in [2.45, 2.75) is 49.1 Å². The summed E-state index contributed by atoms with van der Waals surface area (Å²) in [7, 11) is -16.3. The van der Waals surface area contributed by atoms with Crippen molar-refractivity contribution in [2.24, 2.45) is 5.73 Å². The standard InChI is InChI=1S/C21H28N7O17P3.Na/c22-17-12-19(25-7-24-17)28(8-26-12)21-16(44-46(33,34)35)14(30)11(43-21)6-41-48(38,39)45-47(36,37)40-5-10-13(29)15(31)20(42-10)27-3-1-2-9(4-27)18(23)32;/h1-4,7-8,10-11,13-16,20-21,29-31H,5-6H2,(H7-,22,23,24,25,32,33,34,35,36,37,38,39);/q;+1/p+1/t10-,11-,13-,14-,15-,16-,20-,21-;/m1./s1. The second-order valence-electron chi connectivity index (χ2n) is 10.3. The molecule has 5 rings (SSSR count). The molecule has 2 fully saturated rings. The van der Waals surface area contributed by atoms with Crippen molar-refractivity contribution in [2.75, 3.05) is 18.9 Å². The molecule has 3 aromatic rings. The van der Waals surface area contributed by atoms with Crippen molar-refractivity contribution in [1.82, 2.24) is 19.5 Å². The van der Waals surface area contributed by atoms with E-state index in [2.05, 4.69) is 23.8 Å². The molecule has 2 unspecified atom stereocenters. The SMILES string of the molecule is NC(=O)c1ccc[n+]([C@@H]2O[C@H](COP(=O)(O)OP(=O)(O)OC[C@H]3O[C@@H](n4cnc5c(N)ncnc54)[C@H](OP(=O)(O)O)[C@@H]3O)[C@@H](O)[C@H]2O)c1.[Na+]. The van der Waals surface area contributed by atoms with Gasteiger partial charge in [0.1, 0.15) is 47.9 Å². The van der Waals surface area contributed by atoms with Gasteiger partial charge in [-0.05, 0) is 6.07 Å². The van der Waals surface area contributed by atoms with Gasteiger partial charge in [0.15, 0.2) is 36.2 Å². The Hall–Kier alpha value is -1.86. The summed E-state index contributed by atoms with van der Waals surface area (Å²) in [6.07, 6.45) is -8.39. The predicted octanol–water partition coefficient (Wildman–Crippen LogP) is -5.89. The number of rotatable bonds is 13. The number of amides is 1. The minimum atomic E-state index is -5.52. The summed E-state index contributed by atoms with van der Waals surface area (Å²) < 4.78 is 68.4. The molecule has 24 nitrogen and oxygen atoms in total. The van der Waals surface area contributed by atoms with Crippen molar-refractivity contribution in [1.29, 1.82) is 0 Å². The van der Waals surface area contributed by atoms with Crippen molar-refractivity contribution in [3.63, 3.8) is 0 Å². The van der Waals surface area contributed by atoms with Crippen LogP contribution in [0.4, 0.5) is 5.82 Å². The van der Waals surface area contributed by atoms with Crippen LogP contribution in [0.15, 0.2) is 37.2 Å². The maximum Gasteiger partial charge on any atom is 1.00 e. The number of nitrogens with two attached hydrogens (primary N) is 2. The quantitative estimate of drug-likeness (QED) is 0.0444. The van der Waals surface area contributed by atoms with Gasteiger partial charge in [-0.25, -0.2) is 28.6 Å². The molecule has 0 radical (unpaired) electrons. The summed E-state index contributed by atoms with van der Waals surface area (Å²) in [5, 5.41) is 31.5. The average molecular weight is 767 g/mol. The summed E-state index contributed by atoms with van der Waals surface area (Å²) >= 11 is 0. The van der Waals surface area contributed by atoms with E-state index in [1.54, 1.807) is 0 Å². The first-order chi connectivity index (χ1) is 22.4. The number of carbonyl (C=O) groups excluding carboxylic acids is 1. The van der Waals surface area contributed by atoms with E-state index < -0.39 is 91.7 Å². The van der Waals surface area contributed by atoms with Crippen LogP contribution in [0.25, 0.3) is 11.2 Å². The van der Waals surface area contributed by atoms with E-state index in [9.17, 15) is 53.4 Å². The van der Waals surface area contributed by atoms with Crippen molar-refractivity contribution < 1.29 is 115 Å². The molecule has 2 aliphatic heterocycles. The molecular formula is C21H29N7NaO17P3+2. The van der Waals surface area contributed by atoms with Gasteiger partial charge in [0.05, 0.1) is 19.5 Å². The molecule has 0 saturated carbocycles. The zero-order valence-corrected chi connectivity index (χ0v) is 29.6. The van der Waals surface area contributed by atoms with Gasteiger partial charge in [0.25, 0.3) is 12.1 Å². The minimum absolute atomic E-state index is 0. The maximum atomic E-state index is 12.6. The largest absolute Gasteiger partial charge is 1.00 e. The number of carbonyl (C=O) groups is 1. The number of fused-ring (bicyclic) bond motifs is 1. The fraction of sp³-hybridized carbons (Fsp3) is 0.476. The topological polar surface area (TPSA) is 365 Å². The zero-order chi connectivity index (χ0) is 35.2. The van der Waals surface area contributed by atoms with Crippen LogP contribution in [0.2, 0.25) is 0 Å². The number of phosphoric acid groups is 3. The maximum absolute atomic E-state index is 12.6. The third kappa shape index (κ3) is 9.33. The van der Waals surface area contributed by atoms with E-state index in [1.807, 2.05) is 0 Å². The number of aliphatic hydroxyl groups is 3. The molecular weight excluding hydrogens is 738 g/mol. The summed E-state index contributed by atoms with van der Waals surface area (Å²) in [4.78, 5) is 62.2. The number of phosphoric ester groups is 3. The fourth-order valence-electron chi connectivity index (χ4n) is 4.83. The Morgan fingerprint density at radius 1 is 0.959 bits per heavy atom. The van der Waals surface area contributed by atoms with Crippen LogP contribution in [0, 0.1) is 0 Å². The molecule has 0 aliphatic carbocycles. The molecule has 28 heteroatoms. The molecule has 2 saturated heterocycles. The number of hydrogen-bond donors (Lipinski definition) is 9. The average Bonchev–Trinajstić information content (AvgIpc) is 3.64. The van der Waals surface area contributed by atoms with E-state index in [1.165, 1.54) is 29.1 Å². The number of imidazole rings is 1. The molecule has 10 atom stereocenters. The third-order valence-corrected chi connectivity index (χ3v) is 10.1. The van der Waals surface area contributed by atoms with Crippen molar-refractivity contribution >= 4 is 46.4 Å². The van der Waals surface area contributed by atoms with Crippen LogP contribution in [0.3, 0.4) is 0 Å². The van der Waals surface area contributed by atoms with E-state index in [0.29, 0.717) is 0 Å². The second kappa shape index (κ2) is 15.4. The zero-order valence-electron chi connectivity index (χ0n) is 24.9. The number of aromatic nitrogens is 5. The van der Waals surface area contributed by atoms with Gasteiger partial charge in [0, 0.05) is 6.07 Å². The van der Waals surface area contributed by atoms with Crippen LogP contribution in [0.1, 0.15) is 22.8 Å². The number of anilines is 1. The molecule has 2 aliphatic rings. The Morgan fingerprint density at radius 2 is 1.59 bits per heavy atom. The monoisotopic (exact) mass is 767 g/mol. The van der Waals surface area contributed by atoms with Crippen LogP contribution < -0.4 is 45.6 Å². The van der Waals surface area contributed by atoms with Gasteiger partial charge in [-0.2, -0.15) is 8.88 Å². The van der Waals surface area contributed by atoms with Gasteiger partial charge in [0.2, 0.25) is 0 Å². The molecule has 3 aromatic heterocycles.